The highest BCUT2D eigenvalue weighted by atomic mass is 16.3. The van der Waals surface area contributed by atoms with Gasteiger partial charge in [-0.25, -0.2) is 9.97 Å². The Bertz CT molecular complexity index is 494. The normalized spacial score (nSPS) is 12.4. The van der Waals surface area contributed by atoms with Crippen LogP contribution in [0.5, 0.6) is 0 Å². The lowest BCUT2D eigenvalue weighted by molar-refractivity contribution is 0.174. The summed E-state index contributed by atoms with van der Waals surface area (Å²) in [4.78, 5) is 8.38. The second-order valence-corrected chi connectivity index (χ2v) is 4.03. The summed E-state index contributed by atoms with van der Waals surface area (Å²) < 4.78 is 0. The number of hydrogen-bond acceptors (Lipinski definition) is 3. The topological polar surface area (TPSA) is 46.0 Å². The maximum atomic E-state index is 9.99. The highest BCUT2D eigenvalue weighted by Gasteiger charge is 2.11. The third-order valence-electron chi connectivity index (χ3n) is 2.80. The Morgan fingerprint density at radius 1 is 1.18 bits per heavy atom. The Kier molecular flexibility index (Phi) is 3.49. The van der Waals surface area contributed by atoms with Gasteiger partial charge >= 0.3 is 0 Å². The fourth-order valence-corrected chi connectivity index (χ4v) is 1.80. The van der Waals surface area contributed by atoms with E-state index in [-0.39, 0.29) is 0 Å². The smallest absolute Gasteiger partial charge is 0.125 e. The van der Waals surface area contributed by atoms with E-state index in [1.54, 1.807) is 12.4 Å². The molecule has 3 heteroatoms. The molecule has 2 aromatic rings. The predicted octanol–water partition coefficient (Wildman–Crippen LogP) is 2.90. The average Bonchev–Trinajstić information content (AvgIpc) is 2.39. The van der Waals surface area contributed by atoms with Gasteiger partial charge in [0.15, 0.2) is 0 Å². The van der Waals surface area contributed by atoms with E-state index >= 15 is 0 Å². The maximum absolute atomic E-state index is 9.99. The molecule has 0 aliphatic heterocycles. The molecule has 0 saturated heterocycles. The third-order valence-corrected chi connectivity index (χ3v) is 2.80. The second-order valence-electron chi connectivity index (χ2n) is 4.03. The van der Waals surface area contributed by atoms with Gasteiger partial charge in [0.05, 0.1) is 6.10 Å². The van der Waals surface area contributed by atoms with Crippen molar-refractivity contribution in [2.75, 3.05) is 0 Å². The number of aliphatic hydroxyl groups excluding tert-OH is 1. The second kappa shape index (κ2) is 5.06. The standard InChI is InChI=1S/C14H16N2O/c1-3-14(17)13-7-5-4-6-12(13)11-8-15-10(2)16-9-11/h4-9,14,17H,3H2,1-2H3. The fraction of sp³-hybridized carbons (Fsp3) is 0.286. The first-order valence-electron chi connectivity index (χ1n) is 5.78. The molecule has 0 saturated carbocycles. The first-order chi connectivity index (χ1) is 8.22. The van der Waals surface area contributed by atoms with Gasteiger partial charge < -0.3 is 5.11 Å². The van der Waals surface area contributed by atoms with Gasteiger partial charge in [0.1, 0.15) is 5.82 Å². The molecule has 1 N–H and O–H groups in total. The summed E-state index contributed by atoms with van der Waals surface area (Å²) in [7, 11) is 0. The Labute approximate surface area is 101 Å². The van der Waals surface area contributed by atoms with Crippen LogP contribution in [-0.4, -0.2) is 15.1 Å². The Balaban J connectivity index is 2.48. The number of aryl methyl sites for hydroxylation is 1. The molecule has 17 heavy (non-hydrogen) atoms. The average molecular weight is 228 g/mol. The summed E-state index contributed by atoms with van der Waals surface area (Å²) >= 11 is 0. The first-order valence-corrected chi connectivity index (χ1v) is 5.78. The molecule has 1 heterocycles. The monoisotopic (exact) mass is 228 g/mol. The van der Waals surface area contributed by atoms with E-state index in [2.05, 4.69) is 9.97 Å². The van der Waals surface area contributed by atoms with Crippen LogP contribution in [0.4, 0.5) is 0 Å². The number of aliphatic hydroxyl groups is 1. The zero-order valence-electron chi connectivity index (χ0n) is 10.1. The SMILES string of the molecule is CCC(O)c1ccccc1-c1cnc(C)nc1. The minimum absolute atomic E-state index is 0.437. The molecule has 0 radical (unpaired) electrons. The quantitative estimate of drug-likeness (QED) is 0.878. The fourth-order valence-electron chi connectivity index (χ4n) is 1.80. The van der Waals surface area contributed by atoms with Crippen LogP contribution >= 0.6 is 0 Å². The van der Waals surface area contributed by atoms with E-state index in [4.69, 9.17) is 0 Å². The summed E-state index contributed by atoms with van der Waals surface area (Å²) in [5, 5.41) is 9.99. The van der Waals surface area contributed by atoms with Gasteiger partial charge in [-0.15, -0.1) is 0 Å². The van der Waals surface area contributed by atoms with Crippen LogP contribution in [0.3, 0.4) is 0 Å². The van der Waals surface area contributed by atoms with Crippen molar-refractivity contribution in [2.45, 2.75) is 26.4 Å². The molecular weight excluding hydrogens is 212 g/mol. The molecule has 0 bridgehead atoms. The van der Waals surface area contributed by atoms with Crippen LogP contribution in [0, 0.1) is 6.92 Å². The van der Waals surface area contributed by atoms with Crippen molar-refractivity contribution in [1.82, 2.24) is 9.97 Å². The van der Waals surface area contributed by atoms with Gasteiger partial charge in [-0.1, -0.05) is 31.2 Å². The Hall–Kier alpha value is -1.74. The highest BCUT2D eigenvalue weighted by molar-refractivity contribution is 5.66. The molecule has 88 valence electrons. The molecule has 0 fully saturated rings. The maximum Gasteiger partial charge on any atom is 0.125 e. The minimum Gasteiger partial charge on any atom is -0.388 e. The molecule has 1 aromatic carbocycles. The first kappa shape index (κ1) is 11.7. The van der Waals surface area contributed by atoms with Crippen LogP contribution in [0.1, 0.15) is 30.8 Å². The van der Waals surface area contributed by atoms with Crippen LogP contribution < -0.4 is 0 Å². The summed E-state index contributed by atoms with van der Waals surface area (Å²) in [6.45, 7) is 3.82. The van der Waals surface area contributed by atoms with E-state index in [9.17, 15) is 5.11 Å². The number of rotatable bonds is 3. The van der Waals surface area contributed by atoms with Crippen LogP contribution in [0.15, 0.2) is 36.7 Å². The van der Waals surface area contributed by atoms with Crippen LogP contribution in [-0.2, 0) is 0 Å². The summed E-state index contributed by atoms with van der Waals surface area (Å²) in [6.07, 6.45) is 3.85. The van der Waals surface area contributed by atoms with Gasteiger partial charge in [0.25, 0.3) is 0 Å². The molecule has 1 atom stereocenters. The Morgan fingerprint density at radius 3 is 2.47 bits per heavy atom. The number of benzene rings is 1. The number of nitrogens with zero attached hydrogens (tertiary/aromatic N) is 2. The number of aromatic nitrogens is 2. The molecule has 3 nitrogen and oxygen atoms in total. The lowest BCUT2D eigenvalue weighted by Gasteiger charge is -2.13. The lowest BCUT2D eigenvalue weighted by atomic mass is 9.97. The van der Waals surface area contributed by atoms with Gasteiger partial charge in [-0.05, 0) is 24.5 Å². The zero-order valence-corrected chi connectivity index (χ0v) is 10.1. The van der Waals surface area contributed by atoms with Crippen molar-refractivity contribution < 1.29 is 5.11 Å². The summed E-state index contributed by atoms with van der Waals surface area (Å²) in [5.74, 6) is 0.752. The largest absolute Gasteiger partial charge is 0.388 e. The van der Waals surface area contributed by atoms with Crippen LogP contribution in [0.25, 0.3) is 11.1 Å². The molecule has 2 rings (SSSR count). The summed E-state index contributed by atoms with van der Waals surface area (Å²) in [5.41, 5.74) is 2.88. The van der Waals surface area contributed by atoms with Crippen molar-refractivity contribution in [3.63, 3.8) is 0 Å². The van der Waals surface area contributed by atoms with E-state index in [0.29, 0.717) is 6.42 Å². The highest BCUT2D eigenvalue weighted by Crippen LogP contribution is 2.28. The summed E-state index contributed by atoms with van der Waals surface area (Å²) in [6, 6.07) is 7.83. The molecule has 0 amide bonds. The molecule has 1 unspecified atom stereocenters. The van der Waals surface area contributed by atoms with Gasteiger partial charge in [0.2, 0.25) is 0 Å². The van der Waals surface area contributed by atoms with E-state index in [1.807, 2.05) is 38.1 Å². The van der Waals surface area contributed by atoms with Crippen molar-refractivity contribution in [3.05, 3.63) is 48.0 Å². The predicted molar refractivity (Wildman–Crippen MR) is 67.5 cm³/mol. The molecular formula is C14H16N2O. The van der Waals surface area contributed by atoms with E-state index in [1.165, 1.54) is 0 Å². The Morgan fingerprint density at radius 2 is 1.82 bits per heavy atom. The molecule has 0 aliphatic carbocycles. The van der Waals surface area contributed by atoms with Crippen molar-refractivity contribution in [3.8, 4) is 11.1 Å². The molecule has 1 aromatic heterocycles. The molecule has 0 spiro atoms. The zero-order chi connectivity index (χ0) is 12.3. The van der Waals surface area contributed by atoms with E-state index in [0.717, 1.165) is 22.5 Å². The van der Waals surface area contributed by atoms with Crippen molar-refractivity contribution in [1.29, 1.82) is 0 Å². The van der Waals surface area contributed by atoms with E-state index < -0.39 is 6.10 Å². The van der Waals surface area contributed by atoms with Gasteiger partial charge in [-0.2, -0.15) is 0 Å². The number of hydrogen-bond donors (Lipinski definition) is 1. The minimum atomic E-state index is -0.437. The van der Waals surface area contributed by atoms with Crippen LogP contribution in [0.2, 0.25) is 0 Å². The van der Waals surface area contributed by atoms with Crippen molar-refractivity contribution >= 4 is 0 Å². The van der Waals surface area contributed by atoms with Gasteiger partial charge in [-0.3, -0.25) is 0 Å². The van der Waals surface area contributed by atoms with Gasteiger partial charge in [0, 0.05) is 18.0 Å². The van der Waals surface area contributed by atoms with Crippen molar-refractivity contribution in [2.24, 2.45) is 0 Å². The third kappa shape index (κ3) is 2.50. The lowest BCUT2D eigenvalue weighted by Crippen LogP contribution is -1.98. The molecule has 0 aliphatic rings.